The molecule has 0 aliphatic rings. The number of thioether (sulfide) groups is 2. The molecule has 8 N–H and O–H groups in total. The lowest BCUT2D eigenvalue weighted by Crippen LogP contribution is -2.53. The van der Waals surface area contributed by atoms with Gasteiger partial charge in [0.1, 0.15) is 12.1 Å². The number of nitrogens with one attached hydrogen (secondary N) is 3. The number of carboxylic acids is 1. The summed E-state index contributed by atoms with van der Waals surface area (Å²) in [5, 5.41) is 16.8. The van der Waals surface area contributed by atoms with E-state index in [0.29, 0.717) is 38.0 Å². The highest BCUT2D eigenvalue weighted by Crippen LogP contribution is 2.05. The van der Waals surface area contributed by atoms with Gasteiger partial charge in [-0.25, -0.2) is 4.79 Å². The fourth-order valence-corrected chi connectivity index (χ4v) is 3.41. The van der Waals surface area contributed by atoms with Gasteiger partial charge in [-0.05, 0) is 62.7 Å². The Hall–Kier alpha value is -1.50. The average Bonchev–Trinajstić information content (AvgIpc) is 2.72. The van der Waals surface area contributed by atoms with Crippen LogP contribution >= 0.6 is 23.5 Å². The predicted molar refractivity (Wildman–Crippen MR) is 121 cm³/mol. The number of carbonyl (C=O) groups excluding carboxylic acids is 3. The quantitative estimate of drug-likeness (QED) is 0.149. The molecule has 0 bridgehead atoms. The van der Waals surface area contributed by atoms with Gasteiger partial charge in [-0.1, -0.05) is 0 Å². The van der Waals surface area contributed by atoms with Crippen LogP contribution in [0.3, 0.4) is 0 Å². The van der Waals surface area contributed by atoms with Gasteiger partial charge < -0.3 is 32.5 Å². The minimum atomic E-state index is -1.13. The summed E-state index contributed by atoms with van der Waals surface area (Å²) in [7, 11) is 0. The zero-order chi connectivity index (χ0) is 22.9. The van der Waals surface area contributed by atoms with Crippen LogP contribution < -0.4 is 27.4 Å². The highest BCUT2D eigenvalue weighted by Gasteiger charge is 2.26. The Morgan fingerprint density at radius 1 is 0.900 bits per heavy atom. The van der Waals surface area contributed by atoms with Crippen molar-refractivity contribution in [3.05, 3.63) is 0 Å². The lowest BCUT2D eigenvalue weighted by atomic mass is 10.1. The van der Waals surface area contributed by atoms with E-state index in [9.17, 15) is 24.3 Å². The van der Waals surface area contributed by atoms with Crippen LogP contribution in [-0.4, -0.2) is 84.0 Å². The molecule has 0 heterocycles. The Labute approximate surface area is 186 Å². The Morgan fingerprint density at radius 3 is 2.10 bits per heavy atom. The molecule has 0 aromatic rings. The van der Waals surface area contributed by atoms with Crippen molar-refractivity contribution in [3.8, 4) is 0 Å². The number of carboxylic acid groups (broad SMARTS) is 1. The number of carbonyl (C=O) groups is 4. The van der Waals surface area contributed by atoms with Crippen molar-refractivity contribution in [3.63, 3.8) is 0 Å². The van der Waals surface area contributed by atoms with Crippen LogP contribution in [0.15, 0.2) is 0 Å². The topological polar surface area (TPSA) is 177 Å². The SMILES string of the molecule is CSCCC(N)C(=O)NCC(=O)NC(CCCCN)C(=O)NC(CCSC)C(=O)O. The number of aliphatic carboxylic acids is 1. The third-order valence-corrected chi connectivity index (χ3v) is 5.50. The number of hydrogen-bond acceptors (Lipinski definition) is 8. The molecule has 12 heteroatoms. The monoisotopic (exact) mass is 465 g/mol. The van der Waals surface area contributed by atoms with Gasteiger partial charge in [0, 0.05) is 0 Å². The number of rotatable bonds is 17. The van der Waals surface area contributed by atoms with Crippen molar-refractivity contribution in [1.82, 2.24) is 16.0 Å². The minimum absolute atomic E-state index is 0.274. The van der Waals surface area contributed by atoms with Gasteiger partial charge >= 0.3 is 5.97 Å². The molecule has 0 aromatic carbocycles. The van der Waals surface area contributed by atoms with E-state index in [4.69, 9.17) is 11.5 Å². The molecule has 0 saturated carbocycles. The van der Waals surface area contributed by atoms with Crippen LogP contribution in [-0.2, 0) is 19.2 Å². The van der Waals surface area contributed by atoms with Crippen molar-refractivity contribution < 1.29 is 24.3 Å². The summed E-state index contributed by atoms with van der Waals surface area (Å²) in [6.45, 7) is 0.124. The van der Waals surface area contributed by atoms with E-state index < -0.39 is 41.8 Å². The molecule has 10 nitrogen and oxygen atoms in total. The van der Waals surface area contributed by atoms with Gasteiger partial charge in [0.25, 0.3) is 0 Å². The third kappa shape index (κ3) is 12.9. The second kappa shape index (κ2) is 17.2. The lowest BCUT2D eigenvalue weighted by Gasteiger charge is -2.21. The van der Waals surface area contributed by atoms with Crippen molar-refractivity contribution >= 4 is 47.2 Å². The van der Waals surface area contributed by atoms with Crippen LogP contribution in [0.2, 0.25) is 0 Å². The molecule has 0 aromatic heterocycles. The summed E-state index contributed by atoms with van der Waals surface area (Å²) in [6.07, 6.45) is 6.08. The first-order valence-electron chi connectivity index (χ1n) is 9.80. The molecule has 0 saturated heterocycles. The molecule has 0 aliphatic heterocycles. The van der Waals surface area contributed by atoms with E-state index in [1.807, 2.05) is 12.5 Å². The van der Waals surface area contributed by atoms with Crippen molar-refractivity contribution in [2.45, 2.75) is 50.2 Å². The van der Waals surface area contributed by atoms with Gasteiger partial charge in [0.15, 0.2) is 0 Å². The Balaban J connectivity index is 4.82. The number of amides is 3. The minimum Gasteiger partial charge on any atom is -0.480 e. The molecular formula is C18H35N5O5S2. The average molecular weight is 466 g/mol. The summed E-state index contributed by atoms with van der Waals surface area (Å²) in [5.74, 6) is -1.39. The van der Waals surface area contributed by atoms with Crippen molar-refractivity contribution in [1.29, 1.82) is 0 Å². The first-order chi connectivity index (χ1) is 14.3. The largest absolute Gasteiger partial charge is 0.480 e. The van der Waals surface area contributed by atoms with Crippen molar-refractivity contribution in [2.75, 3.05) is 37.1 Å². The first kappa shape index (κ1) is 28.5. The normalized spacial score (nSPS) is 13.7. The number of unbranched alkanes of at least 4 members (excludes halogenated alkanes) is 1. The van der Waals surface area contributed by atoms with E-state index >= 15 is 0 Å². The van der Waals surface area contributed by atoms with Gasteiger partial charge in [0.05, 0.1) is 12.6 Å². The molecule has 30 heavy (non-hydrogen) atoms. The molecule has 174 valence electrons. The van der Waals surface area contributed by atoms with Crippen molar-refractivity contribution in [2.24, 2.45) is 11.5 Å². The van der Waals surface area contributed by atoms with Gasteiger partial charge in [0.2, 0.25) is 17.7 Å². The Kier molecular flexibility index (Phi) is 16.3. The summed E-state index contributed by atoms with van der Waals surface area (Å²) < 4.78 is 0. The first-order valence-corrected chi connectivity index (χ1v) is 12.6. The van der Waals surface area contributed by atoms with E-state index in [-0.39, 0.29) is 13.0 Å². The molecule has 0 rings (SSSR count). The molecule has 0 radical (unpaired) electrons. The molecule has 3 unspecified atom stereocenters. The summed E-state index contributed by atoms with van der Waals surface area (Å²) in [5.41, 5.74) is 11.2. The highest BCUT2D eigenvalue weighted by atomic mass is 32.2. The zero-order valence-corrected chi connectivity index (χ0v) is 19.3. The van der Waals surface area contributed by atoms with E-state index in [1.54, 1.807) is 11.8 Å². The van der Waals surface area contributed by atoms with Crippen LogP contribution in [0.4, 0.5) is 0 Å². The molecule has 0 spiro atoms. The maximum atomic E-state index is 12.6. The second-order valence-corrected chi connectivity index (χ2v) is 8.66. The second-order valence-electron chi connectivity index (χ2n) is 6.69. The van der Waals surface area contributed by atoms with Crippen LogP contribution in [0.25, 0.3) is 0 Å². The summed E-state index contributed by atoms with van der Waals surface area (Å²) >= 11 is 3.05. The fourth-order valence-electron chi connectivity index (χ4n) is 2.45. The number of hydrogen-bond donors (Lipinski definition) is 6. The zero-order valence-electron chi connectivity index (χ0n) is 17.6. The molecular weight excluding hydrogens is 430 g/mol. The maximum Gasteiger partial charge on any atom is 0.326 e. The molecule has 0 fully saturated rings. The standard InChI is InChI=1S/C18H35N5O5S2/c1-29-9-6-12(20)16(25)21-11-15(24)22-13(5-3-4-8-19)17(26)23-14(18(27)28)7-10-30-2/h12-14H,3-11,19-20H2,1-2H3,(H,21,25)(H,22,24)(H,23,26)(H,27,28). The van der Waals surface area contributed by atoms with Gasteiger partial charge in [-0.2, -0.15) is 23.5 Å². The third-order valence-electron chi connectivity index (χ3n) is 4.22. The molecule has 3 amide bonds. The van der Waals surface area contributed by atoms with Gasteiger partial charge in [-0.15, -0.1) is 0 Å². The maximum absolute atomic E-state index is 12.6. The molecule has 3 atom stereocenters. The summed E-state index contributed by atoms with van der Waals surface area (Å²) in [4.78, 5) is 48.1. The van der Waals surface area contributed by atoms with Crippen LogP contribution in [0.1, 0.15) is 32.1 Å². The lowest BCUT2D eigenvalue weighted by molar-refractivity contribution is -0.142. The summed E-state index contributed by atoms with van der Waals surface area (Å²) in [6, 6.07) is -2.66. The Morgan fingerprint density at radius 2 is 1.53 bits per heavy atom. The van der Waals surface area contributed by atoms with Crippen LogP contribution in [0, 0.1) is 0 Å². The predicted octanol–water partition coefficient (Wildman–Crippen LogP) is -0.881. The smallest absolute Gasteiger partial charge is 0.326 e. The van der Waals surface area contributed by atoms with E-state index in [2.05, 4.69) is 16.0 Å². The van der Waals surface area contributed by atoms with Crippen LogP contribution in [0.5, 0.6) is 0 Å². The fraction of sp³-hybridized carbons (Fsp3) is 0.778. The highest BCUT2D eigenvalue weighted by molar-refractivity contribution is 7.98. The Bertz CT molecular complexity index is 553. The molecule has 0 aliphatic carbocycles. The van der Waals surface area contributed by atoms with Gasteiger partial charge in [-0.3, -0.25) is 14.4 Å². The van der Waals surface area contributed by atoms with E-state index in [0.717, 1.165) is 5.75 Å². The number of nitrogens with two attached hydrogens (primary N) is 2. The van der Waals surface area contributed by atoms with E-state index in [1.165, 1.54) is 11.8 Å².